The zero-order valence-electron chi connectivity index (χ0n) is 8.06. The van der Waals surface area contributed by atoms with Crippen LogP contribution in [0.1, 0.15) is 11.6 Å². The quantitative estimate of drug-likeness (QED) is 0.749. The summed E-state index contributed by atoms with van der Waals surface area (Å²) in [5.74, 6) is -4.39. The smallest absolute Gasteiger partial charge is 0.203 e. The lowest BCUT2D eigenvalue weighted by Gasteiger charge is -2.13. The summed E-state index contributed by atoms with van der Waals surface area (Å²) in [7, 11) is 1.04. The van der Waals surface area contributed by atoms with E-state index in [1.807, 2.05) is 0 Å². The van der Waals surface area contributed by atoms with Gasteiger partial charge in [0.1, 0.15) is 0 Å². The average molecular weight is 220 g/mol. The monoisotopic (exact) mass is 220 g/mol. The van der Waals surface area contributed by atoms with Gasteiger partial charge < -0.3 is 16.2 Å². The first kappa shape index (κ1) is 11.8. The normalized spacial score (nSPS) is 12.7. The molecule has 0 saturated carbocycles. The minimum Gasteiger partial charge on any atom is -0.491 e. The molecule has 0 aliphatic carbocycles. The van der Waals surface area contributed by atoms with Gasteiger partial charge >= 0.3 is 0 Å². The minimum atomic E-state index is -1.37. The number of ether oxygens (including phenoxy) is 1. The molecule has 0 heterocycles. The van der Waals surface area contributed by atoms with E-state index in [-0.39, 0.29) is 12.1 Å². The SMILES string of the molecule is COc1c(F)c(F)cc([C@@H](N)CN)c1F. The topological polar surface area (TPSA) is 61.3 Å². The van der Waals surface area contributed by atoms with Crippen molar-refractivity contribution in [2.24, 2.45) is 11.5 Å². The Morgan fingerprint density at radius 3 is 2.40 bits per heavy atom. The maximum atomic E-state index is 13.5. The number of methoxy groups -OCH3 is 1. The van der Waals surface area contributed by atoms with Gasteiger partial charge in [-0.2, -0.15) is 4.39 Å². The van der Waals surface area contributed by atoms with Crippen molar-refractivity contribution in [3.05, 3.63) is 29.1 Å². The van der Waals surface area contributed by atoms with Crippen molar-refractivity contribution >= 4 is 0 Å². The largest absolute Gasteiger partial charge is 0.491 e. The number of hydrogen-bond acceptors (Lipinski definition) is 3. The van der Waals surface area contributed by atoms with Gasteiger partial charge in [0.2, 0.25) is 5.82 Å². The zero-order chi connectivity index (χ0) is 11.6. The van der Waals surface area contributed by atoms with Crippen molar-refractivity contribution in [3.63, 3.8) is 0 Å². The summed E-state index contributed by atoms with van der Waals surface area (Å²) < 4.78 is 43.9. The van der Waals surface area contributed by atoms with Crippen molar-refractivity contribution in [3.8, 4) is 5.75 Å². The first-order valence-electron chi connectivity index (χ1n) is 4.20. The van der Waals surface area contributed by atoms with Crippen molar-refractivity contribution in [1.29, 1.82) is 0 Å². The summed E-state index contributed by atoms with van der Waals surface area (Å²) >= 11 is 0. The summed E-state index contributed by atoms with van der Waals surface area (Å²) in [5.41, 5.74) is 10.4. The Morgan fingerprint density at radius 1 is 1.33 bits per heavy atom. The Hall–Kier alpha value is -1.27. The molecule has 1 rings (SSSR count). The van der Waals surface area contributed by atoms with Crippen LogP contribution in [0.2, 0.25) is 0 Å². The van der Waals surface area contributed by atoms with E-state index in [0.29, 0.717) is 6.07 Å². The molecular weight excluding hydrogens is 209 g/mol. The second-order valence-electron chi connectivity index (χ2n) is 2.95. The highest BCUT2D eigenvalue weighted by atomic mass is 19.2. The third kappa shape index (κ3) is 2.05. The maximum absolute atomic E-state index is 13.5. The van der Waals surface area contributed by atoms with Crippen LogP contribution in [-0.4, -0.2) is 13.7 Å². The van der Waals surface area contributed by atoms with E-state index in [9.17, 15) is 13.2 Å². The van der Waals surface area contributed by atoms with Gasteiger partial charge in [0.25, 0.3) is 0 Å². The number of rotatable bonds is 3. The summed E-state index contributed by atoms with van der Waals surface area (Å²) in [4.78, 5) is 0. The highest BCUT2D eigenvalue weighted by Gasteiger charge is 2.22. The molecule has 0 radical (unpaired) electrons. The molecule has 0 spiro atoms. The van der Waals surface area contributed by atoms with Crippen LogP contribution in [0.3, 0.4) is 0 Å². The minimum absolute atomic E-state index is 0.0782. The van der Waals surface area contributed by atoms with Gasteiger partial charge in [-0.1, -0.05) is 0 Å². The molecule has 1 atom stereocenters. The summed E-state index contributed by atoms with van der Waals surface area (Å²) in [5, 5.41) is 0. The van der Waals surface area contributed by atoms with Crippen LogP contribution < -0.4 is 16.2 Å². The zero-order valence-corrected chi connectivity index (χ0v) is 8.06. The molecule has 3 nitrogen and oxygen atoms in total. The molecule has 1 aromatic carbocycles. The molecule has 0 bridgehead atoms. The van der Waals surface area contributed by atoms with Gasteiger partial charge in [-0.3, -0.25) is 0 Å². The Morgan fingerprint density at radius 2 is 1.93 bits per heavy atom. The molecule has 0 saturated heterocycles. The van der Waals surface area contributed by atoms with Crippen molar-refractivity contribution in [1.82, 2.24) is 0 Å². The Kier molecular flexibility index (Phi) is 3.54. The van der Waals surface area contributed by atoms with Crippen LogP contribution in [0.4, 0.5) is 13.2 Å². The first-order valence-corrected chi connectivity index (χ1v) is 4.20. The lowest BCUT2D eigenvalue weighted by atomic mass is 10.1. The van der Waals surface area contributed by atoms with Crippen LogP contribution >= 0.6 is 0 Å². The predicted molar refractivity (Wildman–Crippen MR) is 48.9 cm³/mol. The second-order valence-corrected chi connectivity index (χ2v) is 2.95. The molecular formula is C9H11F3N2O. The van der Waals surface area contributed by atoms with E-state index in [1.165, 1.54) is 0 Å². The number of nitrogens with two attached hydrogens (primary N) is 2. The van der Waals surface area contributed by atoms with E-state index in [0.717, 1.165) is 7.11 Å². The van der Waals surface area contributed by atoms with Crippen LogP contribution in [0.25, 0.3) is 0 Å². The Labute approximate surface area is 84.8 Å². The highest BCUT2D eigenvalue weighted by molar-refractivity contribution is 5.35. The molecule has 84 valence electrons. The number of halogens is 3. The van der Waals surface area contributed by atoms with Crippen LogP contribution in [-0.2, 0) is 0 Å². The standard InChI is InChI=1S/C9H11F3N2O/c1-15-9-7(11)4(6(14)3-13)2-5(10)8(9)12/h2,6H,3,13-14H2,1H3/t6-/m0/s1. The Balaban J connectivity index is 3.36. The third-order valence-electron chi connectivity index (χ3n) is 2.00. The molecule has 4 N–H and O–H groups in total. The van der Waals surface area contributed by atoms with Crippen molar-refractivity contribution in [2.75, 3.05) is 13.7 Å². The molecule has 15 heavy (non-hydrogen) atoms. The van der Waals surface area contributed by atoms with E-state index in [4.69, 9.17) is 11.5 Å². The molecule has 0 fully saturated rings. The van der Waals surface area contributed by atoms with Crippen LogP contribution in [0, 0.1) is 17.5 Å². The third-order valence-corrected chi connectivity index (χ3v) is 2.00. The van der Waals surface area contributed by atoms with Gasteiger partial charge in [0.05, 0.1) is 7.11 Å². The van der Waals surface area contributed by atoms with Gasteiger partial charge in [-0.05, 0) is 6.07 Å². The van der Waals surface area contributed by atoms with Gasteiger partial charge in [0, 0.05) is 18.2 Å². The van der Waals surface area contributed by atoms with Crippen molar-refractivity contribution < 1.29 is 17.9 Å². The first-order chi connectivity index (χ1) is 7.02. The fourth-order valence-corrected chi connectivity index (χ4v) is 1.18. The average Bonchev–Trinajstić information content (AvgIpc) is 2.23. The van der Waals surface area contributed by atoms with Crippen molar-refractivity contribution in [2.45, 2.75) is 6.04 Å². The summed E-state index contributed by atoms with van der Waals surface area (Å²) in [6.07, 6.45) is 0. The van der Waals surface area contributed by atoms with E-state index < -0.39 is 29.2 Å². The molecule has 0 aliphatic rings. The molecule has 0 aromatic heterocycles. The molecule has 1 aromatic rings. The number of hydrogen-bond donors (Lipinski definition) is 2. The van der Waals surface area contributed by atoms with E-state index >= 15 is 0 Å². The lowest BCUT2D eigenvalue weighted by molar-refractivity contribution is 0.342. The maximum Gasteiger partial charge on any atom is 0.203 e. The highest BCUT2D eigenvalue weighted by Crippen LogP contribution is 2.29. The fraction of sp³-hybridized carbons (Fsp3) is 0.333. The van der Waals surface area contributed by atoms with Gasteiger partial charge in [0.15, 0.2) is 17.4 Å². The number of benzene rings is 1. The van der Waals surface area contributed by atoms with Gasteiger partial charge in [-0.15, -0.1) is 0 Å². The van der Waals surface area contributed by atoms with Crippen LogP contribution in [0.5, 0.6) is 5.75 Å². The lowest BCUT2D eigenvalue weighted by Crippen LogP contribution is -2.22. The molecule has 0 unspecified atom stereocenters. The Bertz CT molecular complexity index is 371. The van der Waals surface area contributed by atoms with E-state index in [1.54, 1.807) is 0 Å². The molecule has 0 amide bonds. The molecule has 0 aliphatic heterocycles. The summed E-state index contributed by atoms with van der Waals surface area (Å²) in [6, 6.07) is -0.209. The second kappa shape index (κ2) is 4.50. The predicted octanol–water partition coefficient (Wildman–Crippen LogP) is 1.07. The van der Waals surface area contributed by atoms with Gasteiger partial charge in [-0.25, -0.2) is 8.78 Å². The van der Waals surface area contributed by atoms with E-state index in [2.05, 4.69) is 4.74 Å². The fourth-order valence-electron chi connectivity index (χ4n) is 1.18. The molecule has 6 heteroatoms. The van der Waals surface area contributed by atoms with Crippen LogP contribution in [0.15, 0.2) is 6.07 Å². The summed E-state index contributed by atoms with van der Waals surface area (Å²) in [6.45, 7) is -0.0782.